The van der Waals surface area contributed by atoms with Crippen molar-refractivity contribution in [2.75, 3.05) is 33.4 Å². The van der Waals surface area contributed by atoms with E-state index >= 15 is 0 Å². The average molecular weight is 444 g/mol. The number of rotatable bonds is 8. The van der Waals surface area contributed by atoms with Gasteiger partial charge in [-0.15, -0.1) is 11.3 Å². The van der Waals surface area contributed by atoms with Crippen LogP contribution in [0, 0.1) is 12.8 Å². The molecule has 1 aromatic carbocycles. The number of amides is 3. The van der Waals surface area contributed by atoms with Gasteiger partial charge in [0.05, 0.1) is 11.5 Å². The van der Waals surface area contributed by atoms with Crippen LogP contribution in [-0.4, -0.2) is 62.0 Å². The molecule has 7 nitrogen and oxygen atoms in total. The molecular weight excluding hydrogens is 414 g/mol. The van der Waals surface area contributed by atoms with E-state index in [1.54, 1.807) is 13.2 Å². The van der Waals surface area contributed by atoms with Crippen LogP contribution in [0.15, 0.2) is 41.8 Å². The highest BCUT2D eigenvalue weighted by molar-refractivity contribution is 7.12. The Hall–Kier alpha value is -2.71. The molecule has 1 aliphatic rings. The Morgan fingerprint density at radius 3 is 2.48 bits per heavy atom. The first-order valence-electron chi connectivity index (χ1n) is 10.5. The topological polar surface area (TPSA) is 87.7 Å². The molecular formula is C23H29N3O4S. The number of ether oxygens (including phenoxy) is 1. The third-order valence-electron chi connectivity index (χ3n) is 5.52. The predicted octanol–water partition coefficient (Wildman–Crippen LogP) is 2.47. The first kappa shape index (κ1) is 23.0. The van der Waals surface area contributed by atoms with Gasteiger partial charge in [-0.25, -0.2) is 0 Å². The van der Waals surface area contributed by atoms with Crippen molar-refractivity contribution in [2.24, 2.45) is 5.92 Å². The van der Waals surface area contributed by atoms with Crippen LogP contribution in [0.3, 0.4) is 0 Å². The van der Waals surface area contributed by atoms with Crippen LogP contribution in [0.2, 0.25) is 0 Å². The van der Waals surface area contributed by atoms with Gasteiger partial charge in [0.15, 0.2) is 0 Å². The van der Waals surface area contributed by atoms with E-state index in [4.69, 9.17) is 4.74 Å². The smallest absolute Gasteiger partial charge is 0.262 e. The van der Waals surface area contributed by atoms with Gasteiger partial charge in [-0.2, -0.15) is 0 Å². The van der Waals surface area contributed by atoms with E-state index < -0.39 is 6.04 Å². The summed E-state index contributed by atoms with van der Waals surface area (Å²) in [6, 6.07) is 10.4. The summed E-state index contributed by atoms with van der Waals surface area (Å²) in [5.41, 5.74) is 1.78. The number of benzene rings is 1. The number of likely N-dealkylation sites (tertiary alicyclic amines) is 1. The second-order valence-corrected chi connectivity index (χ2v) is 8.66. The molecule has 1 saturated heterocycles. The summed E-state index contributed by atoms with van der Waals surface area (Å²) in [6.45, 7) is 3.87. The third kappa shape index (κ3) is 6.15. The van der Waals surface area contributed by atoms with Crippen LogP contribution < -0.4 is 10.6 Å². The molecule has 1 atom stereocenters. The van der Waals surface area contributed by atoms with E-state index in [0.717, 1.165) is 5.56 Å². The maximum absolute atomic E-state index is 12.8. The van der Waals surface area contributed by atoms with Crippen molar-refractivity contribution < 1.29 is 19.1 Å². The van der Waals surface area contributed by atoms with Crippen LogP contribution in [-0.2, 0) is 9.53 Å². The molecule has 0 aliphatic carbocycles. The number of thiophene rings is 1. The van der Waals surface area contributed by atoms with E-state index in [9.17, 15) is 14.4 Å². The maximum Gasteiger partial charge on any atom is 0.262 e. The van der Waals surface area contributed by atoms with Crippen LogP contribution in [0.5, 0.6) is 0 Å². The van der Waals surface area contributed by atoms with Gasteiger partial charge in [0, 0.05) is 32.3 Å². The standard InChI is InChI=1S/C23H29N3O4S/c1-16-5-7-18(8-6-16)23(29)26-12-9-17(10-13-26)20(22(28)24-11-14-30-2)25-21(27)19-4-3-15-31-19/h3-8,15,17,20H,9-14H2,1-2H3,(H,24,28)(H,25,27)/t20-/m0/s1. The molecule has 0 bridgehead atoms. The van der Waals surface area contributed by atoms with E-state index in [0.29, 0.717) is 49.5 Å². The summed E-state index contributed by atoms with van der Waals surface area (Å²) in [4.78, 5) is 40.6. The molecule has 0 unspecified atom stereocenters. The van der Waals surface area contributed by atoms with Gasteiger partial charge in [-0.1, -0.05) is 23.8 Å². The van der Waals surface area contributed by atoms with E-state index in [2.05, 4.69) is 10.6 Å². The summed E-state index contributed by atoms with van der Waals surface area (Å²) >= 11 is 1.34. The van der Waals surface area contributed by atoms with Gasteiger partial charge in [0.2, 0.25) is 5.91 Å². The SMILES string of the molecule is COCCNC(=O)[C@@H](NC(=O)c1cccs1)C1CCN(C(=O)c2ccc(C)cc2)CC1. The van der Waals surface area contributed by atoms with E-state index in [1.165, 1.54) is 11.3 Å². The fraction of sp³-hybridized carbons (Fsp3) is 0.435. The van der Waals surface area contributed by atoms with Crippen molar-refractivity contribution in [2.45, 2.75) is 25.8 Å². The van der Waals surface area contributed by atoms with Crippen molar-refractivity contribution in [1.82, 2.24) is 15.5 Å². The number of carbonyl (C=O) groups excluding carboxylic acids is 3. The van der Waals surface area contributed by atoms with Gasteiger partial charge in [0.1, 0.15) is 6.04 Å². The zero-order valence-corrected chi connectivity index (χ0v) is 18.7. The van der Waals surface area contributed by atoms with Gasteiger partial charge in [0.25, 0.3) is 11.8 Å². The van der Waals surface area contributed by atoms with E-state index in [1.807, 2.05) is 47.5 Å². The van der Waals surface area contributed by atoms with E-state index in [-0.39, 0.29) is 23.6 Å². The fourth-order valence-corrected chi connectivity index (χ4v) is 4.35. The number of carbonyl (C=O) groups is 3. The van der Waals surface area contributed by atoms with Gasteiger partial charge in [-0.3, -0.25) is 14.4 Å². The molecule has 3 rings (SSSR count). The highest BCUT2D eigenvalue weighted by atomic mass is 32.1. The number of methoxy groups -OCH3 is 1. The van der Waals surface area contributed by atoms with Crippen molar-refractivity contribution in [3.63, 3.8) is 0 Å². The minimum absolute atomic E-state index is 0.00201. The van der Waals surface area contributed by atoms with Crippen LogP contribution in [0.1, 0.15) is 38.4 Å². The maximum atomic E-state index is 12.8. The highest BCUT2D eigenvalue weighted by Gasteiger charge is 2.34. The van der Waals surface area contributed by atoms with Crippen molar-refractivity contribution in [3.05, 3.63) is 57.8 Å². The summed E-state index contributed by atoms with van der Waals surface area (Å²) in [7, 11) is 1.57. The monoisotopic (exact) mass is 443 g/mol. The second-order valence-electron chi connectivity index (χ2n) is 7.71. The third-order valence-corrected chi connectivity index (χ3v) is 6.38. The van der Waals surface area contributed by atoms with Crippen LogP contribution >= 0.6 is 11.3 Å². The Kier molecular flexibility index (Phi) is 8.20. The summed E-state index contributed by atoms with van der Waals surface area (Å²) in [6.07, 6.45) is 1.29. The first-order chi connectivity index (χ1) is 15.0. The average Bonchev–Trinajstić information content (AvgIpc) is 3.33. The van der Waals surface area contributed by atoms with Gasteiger partial charge < -0.3 is 20.3 Å². The zero-order valence-electron chi connectivity index (χ0n) is 17.9. The molecule has 8 heteroatoms. The molecule has 1 aromatic heterocycles. The molecule has 0 spiro atoms. The van der Waals surface area contributed by atoms with Crippen LogP contribution in [0.25, 0.3) is 0 Å². The number of nitrogens with zero attached hydrogens (tertiary/aromatic N) is 1. The minimum Gasteiger partial charge on any atom is -0.383 e. The second kappa shape index (κ2) is 11.1. The summed E-state index contributed by atoms with van der Waals surface area (Å²) in [5, 5.41) is 7.59. The Morgan fingerprint density at radius 1 is 1.16 bits per heavy atom. The lowest BCUT2D eigenvalue weighted by Crippen LogP contribution is -2.54. The molecule has 0 saturated carbocycles. The number of nitrogens with one attached hydrogen (secondary N) is 2. The molecule has 1 fully saturated rings. The lowest BCUT2D eigenvalue weighted by Gasteiger charge is -2.35. The molecule has 2 N–H and O–H groups in total. The molecule has 3 amide bonds. The zero-order chi connectivity index (χ0) is 22.2. The Morgan fingerprint density at radius 2 is 1.87 bits per heavy atom. The minimum atomic E-state index is -0.650. The molecule has 31 heavy (non-hydrogen) atoms. The summed E-state index contributed by atoms with van der Waals surface area (Å²) in [5.74, 6) is -0.513. The van der Waals surface area contributed by atoms with Crippen molar-refractivity contribution in [3.8, 4) is 0 Å². The predicted molar refractivity (Wildman–Crippen MR) is 120 cm³/mol. The first-order valence-corrected chi connectivity index (χ1v) is 11.3. The molecule has 2 heterocycles. The molecule has 2 aromatic rings. The van der Waals surface area contributed by atoms with Crippen LogP contribution in [0.4, 0.5) is 0 Å². The largest absolute Gasteiger partial charge is 0.383 e. The summed E-state index contributed by atoms with van der Waals surface area (Å²) < 4.78 is 5.00. The Labute approximate surface area is 186 Å². The lowest BCUT2D eigenvalue weighted by molar-refractivity contribution is -0.124. The number of hydrogen-bond acceptors (Lipinski definition) is 5. The van der Waals surface area contributed by atoms with Crippen molar-refractivity contribution in [1.29, 1.82) is 0 Å². The Balaban J connectivity index is 1.64. The highest BCUT2D eigenvalue weighted by Crippen LogP contribution is 2.23. The number of piperidine rings is 1. The van der Waals surface area contributed by atoms with Gasteiger partial charge in [-0.05, 0) is 49.3 Å². The normalized spacial score (nSPS) is 15.4. The molecule has 1 aliphatic heterocycles. The number of hydrogen-bond donors (Lipinski definition) is 2. The molecule has 166 valence electrons. The van der Waals surface area contributed by atoms with Gasteiger partial charge >= 0.3 is 0 Å². The quantitative estimate of drug-likeness (QED) is 0.614. The van der Waals surface area contributed by atoms with Crippen molar-refractivity contribution >= 4 is 29.1 Å². The lowest BCUT2D eigenvalue weighted by atomic mass is 9.88. The fourth-order valence-electron chi connectivity index (χ4n) is 3.72. The molecule has 0 radical (unpaired) electrons. The number of aryl methyl sites for hydroxylation is 1. The Bertz CT molecular complexity index is 875.